The second kappa shape index (κ2) is 26.9. The summed E-state index contributed by atoms with van der Waals surface area (Å²) in [5.41, 5.74) is 0. The molecule has 1 unspecified atom stereocenters. The lowest BCUT2D eigenvalue weighted by Gasteiger charge is -2.49. The number of hydrogen-bond donors (Lipinski definition) is 23. The van der Waals surface area contributed by atoms with Gasteiger partial charge in [-0.3, -0.25) is 0 Å². The predicted molar refractivity (Wildman–Crippen MR) is 235 cm³/mol. The minimum atomic E-state index is -2.69. The molecule has 7 fully saturated rings. The summed E-state index contributed by atoms with van der Waals surface area (Å²) >= 11 is 0. The molecule has 42 heteroatoms. The molecule has 0 amide bonds. The van der Waals surface area contributed by atoms with Crippen LogP contribution in [0.5, 0.6) is 0 Å². The van der Waals surface area contributed by atoms with Crippen molar-refractivity contribution in [1.82, 2.24) is 0 Å². The highest BCUT2D eigenvalue weighted by Gasteiger charge is 2.61. The van der Waals surface area contributed by atoms with Gasteiger partial charge in [-0.15, -0.1) is 0 Å². The van der Waals surface area contributed by atoms with E-state index in [2.05, 4.69) is 0 Å². The third-order valence-corrected chi connectivity index (χ3v) is 14.3. The highest BCUT2D eigenvalue weighted by Crippen LogP contribution is 2.38. The average Bonchev–Trinajstić information content (AvgIpc) is 2.08. The summed E-state index contributed by atoms with van der Waals surface area (Å²) in [7, 11) is 0. The number of carboxylic acids is 6. The van der Waals surface area contributed by atoms with Gasteiger partial charge in [0.2, 0.25) is 0 Å². The maximum Gasteiger partial charge on any atom is 0.335 e. The molecule has 0 aromatic heterocycles. The monoisotopic (exact) mass is 1240 g/mol. The van der Waals surface area contributed by atoms with E-state index in [-0.39, 0.29) is 0 Å². The Bertz CT molecular complexity index is 2310. The lowest BCUT2D eigenvalue weighted by molar-refractivity contribution is -0.388. The molecule has 0 bridgehead atoms. The van der Waals surface area contributed by atoms with Gasteiger partial charge in [0.15, 0.2) is 80.7 Å². The van der Waals surface area contributed by atoms with Crippen molar-refractivity contribution < 1.29 is 208 Å². The number of ether oxygens (including phenoxy) is 13. The molecule has 0 aliphatic carbocycles. The van der Waals surface area contributed by atoms with Crippen LogP contribution in [0, 0.1) is 0 Å². The zero-order valence-corrected chi connectivity index (χ0v) is 42.0. The van der Waals surface area contributed by atoms with Crippen LogP contribution < -0.4 is 0 Å². The number of aliphatic hydroxyl groups excluding tert-OH is 17. The van der Waals surface area contributed by atoms with Crippen molar-refractivity contribution in [3.63, 3.8) is 0 Å². The van der Waals surface area contributed by atoms with Crippen molar-refractivity contribution in [2.75, 3.05) is 6.61 Å². The van der Waals surface area contributed by atoms with Gasteiger partial charge in [0, 0.05) is 0 Å². The fourth-order valence-electron chi connectivity index (χ4n) is 9.83. The van der Waals surface area contributed by atoms with Gasteiger partial charge in [-0.25, -0.2) is 28.8 Å². The Morgan fingerprint density at radius 2 is 0.452 bits per heavy atom. The van der Waals surface area contributed by atoms with Gasteiger partial charge in [-0.1, -0.05) is 0 Å². The van der Waals surface area contributed by atoms with Crippen LogP contribution in [0.4, 0.5) is 0 Å². The highest BCUT2D eigenvalue weighted by atomic mass is 16.8. The first-order chi connectivity index (χ1) is 39.2. The van der Waals surface area contributed by atoms with Crippen molar-refractivity contribution >= 4 is 35.8 Å². The van der Waals surface area contributed by atoms with Crippen LogP contribution >= 0.6 is 0 Å². The van der Waals surface area contributed by atoms with E-state index in [1.54, 1.807) is 0 Å². The summed E-state index contributed by atoms with van der Waals surface area (Å²) in [6.45, 7) is -1.01. The number of carboxylic acid groups (broad SMARTS) is 6. The first-order valence-electron chi connectivity index (χ1n) is 24.6. The molecule has 7 aliphatic rings. The third kappa shape index (κ3) is 13.2. The molecule has 480 valence electrons. The molecule has 0 saturated carbocycles. The van der Waals surface area contributed by atoms with Gasteiger partial charge < -0.3 is 179 Å². The average molecular weight is 1240 g/mol. The fourth-order valence-corrected chi connectivity index (χ4v) is 9.83. The lowest BCUT2D eigenvalue weighted by atomic mass is 9.94. The van der Waals surface area contributed by atoms with Crippen molar-refractivity contribution in [2.24, 2.45) is 0 Å². The second-order valence-corrected chi connectivity index (χ2v) is 19.8. The zero-order chi connectivity index (χ0) is 62.6. The minimum absolute atomic E-state index is 1.01. The SMILES string of the molecule is O=C(O)[C@H]1O[C@H](O[C@@H]2[C@H](O)[C@@H](O)[C@@H](O[C@@H]3[C@H](O)[C@@H](O)[C@@H](O[C@@H]4[C@H](O)[C@@H](O)[C@@H](O[C@@H]5[C@H](O)[C@@H](O)[C@@H](O[C@@H]6[C@H](O)[C@@H](O)[C@@H](O[C@@H]7[C@H](O)[C@@H](O)C(O)O[C@@H]7CO)O[C@@H]6C(=O)O)O[C@@H]5C(=O)O)O[C@@H]4C(=O)O)O[C@@H]3C(=O)O)O[C@@H]2C(=O)O)[C@H](O)[C@@H](O)[C@H]1O. The van der Waals surface area contributed by atoms with E-state index in [1.165, 1.54) is 0 Å². The summed E-state index contributed by atoms with van der Waals surface area (Å²) in [4.78, 5) is 74.0. The summed E-state index contributed by atoms with van der Waals surface area (Å²) in [5.74, 6) is -12.4. The standard InChI is InChI=1S/C42H60O42/c43-1-2-18(5(46)11(52)36(71)72-2)73-38-13(54)6(47)20(25(80-38)31(61)62)75-40-15(56)8(49)22(27(82-40)33(65)66)77-42-17(58)10(51)23(29(84-42)35(69)70)78-41-16(57)9(50)21(28(83-41)34(67)68)76-39-14(55)7(48)19(26(81-39)32(63)64)74-37-12(53)3(44)4(45)24(79-37)30(59)60/h2-29,36-58,71H,1H2,(H,59,60)(H,61,62)(H,63,64)(H,65,66)(H,67,68)(H,69,70)/t2-,3+,4-,5-,6-,7-,8-,9-,10-,11-,12-,13-,14-,15-,16-,17-,18+,19-,20-,21-,22-,23-,24+,25+,26+,27+,28+,29+,36?,37+,38+,39+,40+,41+,42+/m1/s1. The molecular formula is C42H60O42. The number of carbonyl (C=O) groups is 6. The van der Waals surface area contributed by atoms with Crippen molar-refractivity contribution in [3.8, 4) is 0 Å². The van der Waals surface area contributed by atoms with Gasteiger partial charge in [0.25, 0.3) is 0 Å². The summed E-state index contributed by atoms with van der Waals surface area (Å²) < 4.78 is 67.7. The third-order valence-electron chi connectivity index (χ3n) is 14.3. The molecule has 42 nitrogen and oxygen atoms in total. The number of rotatable bonds is 19. The Morgan fingerprint density at radius 1 is 0.250 bits per heavy atom. The summed E-state index contributed by atoms with van der Waals surface area (Å²) in [6, 6.07) is 0. The van der Waals surface area contributed by atoms with Gasteiger partial charge in [0.05, 0.1) is 6.61 Å². The van der Waals surface area contributed by atoms with Crippen molar-refractivity contribution in [1.29, 1.82) is 0 Å². The van der Waals surface area contributed by atoms with E-state index in [1.807, 2.05) is 0 Å². The molecule has 0 aromatic rings. The second-order valence-electron chi connectivity index (χ2n) is 19.8. The van der Waals surface area contributed by atoms with Gasteiger partial charge in [-0.2, -0.15) is 0 Å². The Labute approximate surface area is 464 Å². The molecular weight excluding hydrogens is 1180 g/mol. The van der Waals surface area contributed by atoms with Gasteiger partial charge in [-0.05, 0) is 0 Å². The number of aliphatic carboxylic acids is 6. The molecule has 23 N–H and O–H groups in total. The van der Waals surface area contributed by atoms with E-state index in [0.29, 0.717) is 0 Å². The van der Waals surface area contributed by atoms with E-state index in [9.17, 15) is 146 Å². The van der Waals surface area contributed by atoms with Gasteiger partial charge in [0.1, 0.15) is 134 Å². The van der Waals surface area contributed by atoms with Crippen LogP contribution in [-0.2, 0) is 90.3 Å². The van der Waals surface area contributed by atoms with Crippen LogP contribution in [0.2, 0.25) is 0 Å². The predicted octanol–water partition coefficient (Wildman–Crippen LogP) is -15.7. The number of hydrogen-bond acceptors (Lipinski definition) is 36. The van der Waals surface area contributed by atoms with Crippen LogP contribution in [-0.4, -0.2) is 375 Å². The normalized spacial score (nSPS) is 50.2. The van der Waals surface area contributed by atoms with Crippen LogP contribution in [0.15, 0.2) is 0 Å². The molecule has 0 aromatic carbocycles. The maximum atomic E-state index is 12.6. The molecule has 7 aliphatic heterocycles. The minimum Gasteiger partial charge on any atom is -0.479 e. The smallest absolute Gasteiger partial charge is 0.335 e. The quantitative estimate of drug-likeness (QED) is 0.0571. The first kappa shape index (κ1) is 67.1. The Hall–Kier alpha value is -4.38. The van der Waals surface area contributed by atoms with Crippen LogP contribution in [0.1, 0.15) is 0 Å². The maximum absolute atomic E-state index is 12.6. The van der Waals surface area contributed by atoms with Crippen LogP contribution in [0.25, 0.3) is 0 Å². The van der Waals surface area contributed by atoms with E-state index < -0.39 is 257 Å². The van der Waals surface area contributed by atoms with E-state index in [0.717, 1.165) is 0 Å². The topological polar surface area (TPSA) is 688 Å². The molecule has 0 radical (unpaired) electrons. The Kier molecular flexibility index (Phi) is 21.5. The van der Waals surface area contributed by atoms with Crippen molar-refractivity contribution in [2.45, 2.75) is 215 Å². The molecule has 7 saturated heterocycles. The summed E-state index contributed by atoms with van der Waals surface area (Å²) in [6.07, 6.45) is -85.4. The summed E-state index contributed by atoms with van der Waals surface area (Å²) in [5, 5.41) is 241. The van der Waals surface area contributed by atoms with Gasteiger partial charge >= 0.3 is 35.8 Å². The van der Waals surface area contributed by atoms with E-state index in [4.69, 9.17) is 61.6 Å². The fraction of sp³-hybridized carbons (Fsp3) is 0.857. The molecule has 7 rings (SSSR count). The molecule has 0 spiro atoms. The lowest BCUT2D eigenvalue weighted by Crippen LogP contribution is -2.69. The van der Waals surface area contributed by atoms with E-state index >= 15 is 0 Å². The molecule has 7 heterocycles. The first-order valence-corrected chi connectivity index (χ1v) is 24.6. The largest absolute Gasteiger partial charge is 0.479 e. The number of aliphatic hydroxyl groups is 17. The Morgan fingerprint density at radius 3 is 0.679 bits per heavy atom. The molecule has 35 atom stereocenters. The molecule has 84 heavy (non-hydrogen) atoms. The zero-order valence-electron chi connectivity index (χ0n) is 42.0. The van der Waals surface area contributed by atoms with Crippen molar-refractivity contribution in [3.05, 3.63) is 0 Å². The highest BCUT2D eigenvalue weighted by molar-refractivity contribution is 5.76. The Balaban J connectivity index is 1.01. The van der Waals surface area contributed by atoms with Crippen LogP contribution in [0.3, 0.4) is 0 Å².